The van der Waals surface area contributed by atoms with E-state index in [0.29, 0.717) is 6.54 Å². The summed E-state index contributed by atoms with van der Waals surface area (Å²) in [6, 6.07) is 4.95. The van der Waals surface area contributed by atoms with Crippen molar-refractivity contribution >= 4 is 15.9 Å². The molecule has 0 saturated carbocycles. The van der Waals surface area contributed by atoms with Crippen molar-refractivity contribution in [2.75, 3.05) is 20.1 Å². The minimum Gasteiger partial charge on any atom is -0.330 e. The predicted molar refractivity (Wildman–Crippen MR) is 64.1 cm³/mol. The second kappa shape index (κ2) is 6.20. The van der Waals surface area contributed by atoms with Gasteiger partial charge in [-0.25, -0.2) is 4.39 Å². The van der Waals surface area contributed by atoms with Crippen molar-refractivity contribution in [2.45, 2.75) is 13.0 Å². The van der Waals surface area contributed by atoms with Gasteiger partial charge in [0, 0.05) is 11.0 Å². The van der Waals surface area contributed by atoms with Gasteiger partial charge in [0.2, 0.25) is 0 Å². The molecule has 0 fully saturated rings. The SMILES string of the molecule is CN(CCCN)Cc1cc(F)cc(Br)c1. The van der Waals surface area contributed by atoms with E-state index >= 15 is 0 Å². The van der Waals surface area contributed by atoms with Crippen LogP contribution in [0.5, 0.6) is 0 Å². The predicted octanol–water partition coefficient (Wildman–Crippen LogP) is 2.37. The molecule has 0 heterocycles. The third-order valence-electron chi connectivity index (χ3n) is 2.12. The molecular formula is C11H16BrFN2. The number of nitrogens with zero attached hydrogens (tertiary/aromatic N) is 1. The number of nitrogens with two attached hydrogens (primary N) is 1. The zero-order valence-electron chi connectivity index (χ0n) is 8.84. The van der Waals surface area contributed by atoms with E-state index in [1.807, 2.05) is 13.1 Å². The van der Waals surface area contributed by atoms with Gasteiger partial charge in [0.15, 0.2) is 0 Å². The lowest BCUT2D eigenvalue weighted by atomic mass is 10.2. The molecule has 0 bridgehead atoms. The van der Waals surface area contributed by atoms with Crippen LogP contribution >= 0.6 is 15.9 Å². The van der Waals surface area contributed by atoms with Gasteiger partial charge in [-0.05, 0) is 50.3 Å². The van der Waals surface area contributed by atoms with Gasteiger partial charge < -0.3 is 10.6 Å². The van der Waals surface area contributed by atoms with E-state index in [1.165, 1.54) is 6.07 Å². The Morgan fingerprint density at radius 2 is 2.13 bits per heavy atom. The summed E-state index contributed by atoms with van der Waals surface area (Å²) in [6.07, 6.45) is 0.965. The molecule has 2 N–H and O–H groups in total. The maximum Gasteiger partial charge on any atom is 0.124 e. The Bertz CT molecular complexity index is 297. The van der Waals surface area contributed by atoms with Crippen molar-refractivity contribution in [2.24, 2.45) is 5.73 Å². The van der Waals surface area contributed by atoms with Crippen molar-refractivity contribution in [1.82, 2.24) is 4.90 Å². The first-order valence-corrected chi connectivity index (χ1v) is 5.74. The Kier molecular flexibility index (Phi) is 5.22. The first-order chi connectivity index (χ1) is 7.11. The van der Waals surface area contributed by atoms with E-state index in [9.17, 15) is 4.39 Å². The number of hydrogen-bond donors (Lipinski definition) is 1. The van der Waals surface area contributed by atoms with E-state index < -0.39 is 0 Å². The first kappa shape index (κ1) is 12.6. The van der Waals surface area contributed by atoms with Gasteiger partial charge in [-0.1, -0.05) is 15.9 Å². The summed E-state index contributed by atoms with van der Waals surface area (Å²) in [4.78, 5) is 2.13. The molecule has 2 nitrogen and oxygen atoms in total. The second-order valence-corrected chi connectivity index (χ2v) is 4.57. The maximum absolute atomic E-state index is 13.1. The van der Waals surface area contributed by atoms with Crippen LogP contribution < -0.4 is 5.73 Å². The van der Waals surface area contributed by atoms with Crippen molar-refractivity contribution in [3.8, 4) is 0 Å². The van der Waals surface area contributed by atoms with Crippen LogP contribution in [0.3, 0.4) is 0 Å². The first-order valence-electron chi connectivity index (χ1n) is 4.95. The zero-order valence-corrected chi connectivity index (χ0v) is 10.4. The van der Waals surface area contributed by atoms with Gasteiger partial charge in [-0.15, -0.1) is 0 Å². The summed E-state index contributed by atoms with van der Waals surface area (Å²) in [5, 5.41) is 0. The molecule has 15 heavy (non-hydrogen) atoms. The number of benzene rings is 1. The fourth-order valence-corrected chi connectivity index (χ4v) is 1.97. The van der Waals surface area contributed by atoms with Gasteiger partial charge >= 0.3 is 0 Å². The van der Waals surface area contributed by atoms with Gasteiger partial charge in [0.05, 0.1) is 0 Å². The van der Waals surface area contributed by atoms with E-state index in [0.717, 1.165) is 29.5 Å². The Morgan fingerprint density at radius 3 is 2.73 bits per heavy atom. The molecule has 0 aliphatic heterocycles. The molecule has 0 amide bonds. The highest BCUT2D eigenvalue weighted by atomic mass is 79.9. The number of rotatable bonds is 5. The fraction of sp³-hybridized carbons (Fsp3) is 0.455. The van der Waals surface area contributed by atoms with Crippen molar-refractivity contribution in [1.29, 1.82) is 0 Å². The fourth-order valence-electron chi connectivity index (χ4n) is 1.45. The third-order valence-corrected chi connectivity index (χ3v) is 2.58. The summed E-state index contributed by atoms with van der Waals surface area (Å²) in [5.74, 6) is -0.202. The van der Waals surface area contributed by atoms with Crippen molar-refractivity contribution in [3.63, 3.8) is 0 Å². The Hall–Kier alpha value is -0.450. The summed E-state index contributed by atoms with van der Waals surface area (Å²) in [6.45, 7) is 2.37. The van der Waals surface area contributed by atoms with Crippen LogP contribution in [0.1, 0.15) is 12.0 Å². The number of hydrogen-bond acceptors (Lipinski definition) is 2. The van der Waals surface area contributed by atoms with E-state index in [1.54, 1.807) is 6.07 Å². The van der Waals surface area contributed by atoms with Crippen LogP contribution in [0.25, 0.3) is 0 Å². The lowest BCUT2D eigenvalue weighted by Gasteiger charge is -2.16. The normalized spacial score (nSPS) is 11.0. The molecule has 0 spiro atoms. The average Bonchev–Trinajstić information content (AvgIpc) is 2.13. The summed E-state index contributed by atoms with van der Waals surface area (Å²) < 4.78 is 13.8. The molecular weight excluding hydrogens is 259 g/mol. The summed E-state index contributed by atoms with van der Waals surface area (Å²) in [7, 11) is 2.01. The van der Waals surface area contributed by atoms with Gasteiger partial charge in [0.25, 0.3) is 0 Å². The second-order valence-electron chi connectivity index (χ2n) is 3.66. The smallest absolute Gasteiger partial charge is 0.124 e. The minimum atomic E-state index is -0.202. The zero-order chi connectivity index (χ0) is 11.3. The van der Waals surface area contributed by atoms with Gasteiger partial charge in [-0.2, -0.15) is 0 Å². The molecule has 0 aliphatic rings. The quantitative estimate of drug-likeness (QED) is 0.894. The maximum atomic E-state index is 13.1. The molecule has 0 aromatic heterocycles. The monoisotopic (exact) mass is 274 g/mol. The molecule has 0 atom stereocenters. The highest BCUT2D eigenvalue weighted by Crippen LogP contribution is 2.15. The van der Waals surface area contributed by atoms with Crippen molar-refractivity contribution < 1.29 is 4.39 Å². The number of halogens is 2. The van der Waals surface area contributed by atoms with Crippen LogP contribution in [0.4, 0.5) is 4.39 Å². The molecule has 84 valence electrons. The van der Waals surface area contributed by atoms with Crippen LogP contribution in [0, 0.1) is 5.82 Å². The Balaban J connectivity index is 2.56. The lowest BCUT2D eigenvalue weighted by molar-refractivity contribution is 0.323. The molecule has 0 radical (unpaired) electrons. The van der Waals surface area contributed by atoms with E-state index in [2.05, 4.69) is 20.8 Å². The highest BCUT2D eigenvalue weighted by molar-refractivity contribution is 9.10. The summed E-state index contributed by atoms with van der Waals surface area (Å²) in [5.41, 5.74) is 6.40. The Morgan fingerprint density at radius 1 is 1.40 bits per heavy atom. The van der Waals surface area contributed by atoms with E-state index in [-0.39, 0.29) is 5.82 Å². The summed E-state index contributed by atoms with van der Waals surface area (Å²) >= 11 is 3.28. The topological polar surface area (TPSA) is 29.3 Å². The Labute approximate surface area is 98.4 Å². The molecule has 0 saturated heterocycles. The van der Waals surface area contributed by atoms with Crippen LogP contribution in [0.15, 0.2) is 22.7 Å². The van der Waals surface area contributed by atoms with Crippen LogP contribution in [-0.2, 0) is 6.54 Å². The average molecular weight is 275 g/mol. The molecule has 1 aromatic carbocycles. The lowest BCUT2D eigenvalue weighted by Crippen LogP contribution is -2.21. The molecule has 1 rings (SSSR count). The van der Waals surface area contributed by atoms with Crippen molar-refractivity contribution in [3.05, 3.63) is 34.1 Å². The van der Waals surface area contributed by atoms with Gasteiger partial charge in [0.1, 0.15) is 5.82 Å². The largest absolute Gasteiger partial charge is 0.330 e. The minimum absolute atomic E-state index is 0.202. The molecule has 0 aliphatic carbocycles. The van der Waals surface area contributed by atoms with Crippen LogP contribution in [-0.4, -0.2) is 25.0 Å². The highest BCUT2D eigenvalue weighted by Gasteiger charge is 2.02. The van der Waals surface area contributed by atoms with E-state index in [4.69, 9.17) is 5.73 Å². The molecule has 0 unspecified atom stereocenters. The molecule has 4 heteroatoms. The molecule has 1 aromatic rings. The van der Waals surface area contributed by atoms with Crippen LogP contribution in [0.2, 0.25) is 0 Å². The standard InChI is InChI=1S/C11H16BrFN2/c1-15(4-2-3-14)8-9-5-10(12)7-11(13)6-9/h5-7H,2-4,8,14H2,1H3. The third kappa shape index (κ3) is 4.73. The van der Waals surface area contributed by atoms with Gasteiger partial charge in [-0.3, -0.25) is 0 Å².